The Balaban J connectivity index is 1.71. The summed E-state index contributed by atoms with van der Waals surface area (Å²) >= 11 is 0. The number of hydrogen-bond acceptors (Lipinski definition) is 2. The van der Waals surface area contributed by atoms with E-state index in [2.05, 4.69) is 15.6 Å². The van der Waals surface area contributed by atoms with Crippen LogP contribution in [0.3, 0.4) is 0 Å². The standard InChI is InChI=1S/C11H15N3O/c15-11(14-9-5-3-6-9)13-8-10-4-1-2-7-12-10/h1-2,4,7,9H,3,5-6,8H2,(H2,13,14,15). The third-order valence-electron chi connectivity index (χ3n) is 2.60. The molecule has 1 aromatic heterocycles. The second-order valence-electron chi connectivity index (χ2n) is 3.78. The van der Waals surface area contributed by atoms with Crippen molar-refractivity contribution < 1.29 is 4.79 Å². The number of carbonyl (C=O) groups excluding carboxylic acids is 1. The lowest BCUT2D eigenvalue weighted by atomic mass is 9.93. The smallest absolute Gasteiger partial charge is 0.315 e. The van der Waals surface area contributed by atoms with Gasteiger partial charge in [0.1, 0.15) is 0 Å². The largest absolute Gasteiger partial charge is 0.335 e. The fraction of sp³-hybridized carbons (Fsp3) is 0.455. The van der Waals surface area contributed by atoms with Crippen LogP contribution in [-0.2, 0) is 6.54 Å². The summed E-state index contributed by atoms with van der Waals surface area (Å²) in [7, 11) is 0. The molecule has 1 fully saturated rings. The van der Waals surface area contributed by atoms with Gasteiger partial charge in [0, 0.05) is 12.2 Å². The van der Waals surface area contributed by atoms with Gasteiger partial charge in [0.25, 0.3) is 0 Å². The van der Waals surface area contributed by atoms with E-state index in [1.54, 1.807) is 6.20 Å². The van der Waals surface area contributed by atoms with Crippen molar-refractivity contribution >= 4 is 6.03 Å². The second kappa shape index (κ2) is 4.77. The summed E-state index contributed by atoms with van der Waals surface area (Å²) in [6, 6.07) is 5.95. The van der Waals surface area contributed by atoms with Crippen LogP contribution in [0.2, 0.25) is 0 Å². The number of hydrogen-bond donors (Lipinski definition) is 2. The van der Waals surface area contributed by atoms with Gasteiger partial charge in [-0.2, -0.15) is 0 Å². The van der Waals surface area contributed by atoms with Gasteiger partial charge in [-0.15, -0.1) is 0 Å². The number of urea groups is 1. The van der Waals surface area contributed by atoms with Crippen molar-refractivity contribution in [3.05, 3.63) is 30.1 Å². The first kappa shape index (κ1) is 9.96. The molecule has 0 radical (unpaired) electrons. The molecule has 1 aliphatic carbocycles. The summed E-state index contributed by atoms with van der Waals surface area (Å²) < 4.78 is 0. The number of carbonyl (C=O) groups is 1. The second-order valence-corrected chi connectivity index (χ2v) is 3.78. The molecule has 0 unspecified atom stereocenters. The maximum absolute atomic E-state index is 11.4. The Bertz CT molecular complexity index is 322. The Morgan fingerprint density at radius 1 is 1.47 bits per heavy atom. The molecule has 2 N–H and O–H groups in total. The molecule has 2 rings (SSSR count). The first-order chi connectivity index (χ1) is 7.34. The predicted octanol–water partition coefficient (Wildman–Crippen LogP) is 1.43. The summed E-state index contributed by atoms with van der Waals surface area (Å²) in [6.45, 7) is 0.486. The zero-order valence-corrected chi connectivity index (χ0v) is 8.57. The minimum Gasteiger partial charge on any atom is -0.335 e. The van der Waals surface area contributed by atoms with Crippen LogP contribution in [0.15, 0.2) is 24.4 Å². The van der Waals surface area contributed by atoms with Crippen molar-refractivity contribution in [3.8, 4) is 0 Å². The van der Waals surface area contributed by atoms with E-state index in [9.17, 15) is 4.79 Å². The molecule has 0 bridgehead atoms. The molecule has 4 heteroatoms. The highest BCUT2D eigenvalue weighted by Gasteiger charge is 2.18. The van der Waals surface area contributed by atoms with E-state index < -0.39 is 0 Å². The highest BCUT2D eigenvalue weighted by Crippen LogP contribution is 2.17. The van der Waals surface area contributed by atoms with Gasteiger partial charge in [-0.05, 0) is 31.4 Å². The molecule has 1 aromatic rings. The topological polar surface area (TPSA) is 54.0 Å². The Kier molecular flexibility index (Phi) is 3.17. The number of amides is 2. The van der Waals surface area contributed by atoms with E-state index >= 15 is 0 Å². The van der Waals surface area contributed by atoms with E-state index in [-0.39, 0.29) is 6.03 Å². The molecule has 4 nitrogen and oxygen atoms in total. The van der Waals surface area contributed by atoms with Crippen molar-refractivity contribution in [3.63, 3.8) is 0 Å². The third-order valence-corrected chi connectivity index (χ3v) is 2.60. The molecule has 0 aromatic carbocycles. The average molecular weight is 205 g/mol. The number of aromatic nitrogens is 1. The zero-order chi connectivity index (χ0) is 10.5. The molecule has 1 heterocycles. The molecular weight excluding hydrogens is 190 g/mol. The molecule has 0 atom stereocenters. The SMILES string of the molecule is O=C(NCc1ccccn1)NC1CCC1. The van der Waals surface area contributed by atoms with E-state index in [0.29, 0.717) is 12.6 Å². The summed E-state index contributed by atoms with van der Waals surface area (Å²) in [4.78, 5) is 15.5. The predicted molar refractivity (Wildman–Crippen MR) is 57.2 cm³/mol. The van der Waals surface area contributed by atoms with Gasteiger partial charge in [-0.25, -0.2) is 4.79 Å². The lowest BCUT2D eigenvalue weighted by Gasteiger charge is -2.26. The lowest BCUT2D eigenvalue weighted by molar-refractivity contribution is 0.228. The maximum Gasteiger partial charge on any atom is 0.315 e. The summed E-state index contributed by atoms with van der Waals surface area (Å²) in [5.41, 5.74) is 0.876. The molecule has 2 amide bonds. The fourth-order valence-electron chi connectivity index (χ4n) is 1.46. The van der Waals surface area contributed by atoms with Gasteiger partial charge < -0.3 is 10.6 Å². The van der Waals surface area contributed by atoms with E-state index in [0.717, 1.165) is 18.5 Å². The molecule has 0 spiro atoms. The van der Waals surface area contributed by atoms with Crippen LogP contribution in [0, 0.1) is 0 Å². The molecule has 0 saturated heterocycles. The number of pyridine rings is 1. The Labute approximate surface area is 89.1 Å². The van der Waals surface area contributed by atoms with Crippen LogP contribution in [0.1, 0.15) is 25.0 Å². The normalized spacial score (nSPS) is 15.5. The molecule has 1 saturated carbocycles. The Morgan fingerprint density at radius 2 is 2.33 bits per heavy atom. The van der Waals surface area contributed by atoms with Gasteiger partial charge in [0.05, 0.1) is 12.2 Å². The molecule has 15 heavy (non-hydrogen) atoms. The van der Waals surface area contributed by atoms with Gasteiger partial charge in [-0.3, -0.25) is 4.98 Å². The van der Waals surface area contributed by atoms with Crippen LogP contribution in [0.5, 0.6) is 0 Å². The van der Waals surface area contributed by atoms with Crippen molar-refractivity contribution in [2.75, 3.05) is 0 Å². The van der Waals surface area contributed by atoms with Crippen LogP contribution in [0.4, 0.5) is 4.79 Å². The van der Waals surface area contributed by atoms with Crippen molar-refractivity contribution in [2.45, 2.75) is 31.8 Å². The molecule has 0 aliphatic heterocycles. The summed E-state index contributed by atoms with van der Waals surface area (Å²) in [6.07, 6.45) is 5.17. The van der Waals surface area contributed by atoms with E-state index in [1.165, 1.54) is 6.42 Å². The van der Waals surface area contributed by atoms with Crippen LogP contribution in [0.25, 0.3) is 0 Å². The van der Waals surface area contributed by atoms with E-state index in [4.69, 9.17) is 0 Å². The third kappa shape index (κ3) is 2.94. The minimum atomic E-state index is -0.0923. The van der Waals surface area contributed by atoms with Gasteiger partial charge >= 0.3 is 6.03 Å². The Morgan fingerprint density at radius 3 is 2.93 bits per heavy atom. The fourth-order valence-corrected chi connectivity index (χ4v) is 1.46. The Hall–Kier alpha value is -1.58. The summed E-state index contributed by atoms with van der Waals surface area (Å²) in [5, 5.41) is 5.69. The van der Waals surface area contributed by atoms with Crippen molar-refractivity contribution in [1.82, 2.24) is 15.6 Å². The van der Waals surface area contributed by atoms with Crippen LogP contribution in [-0.4, -0.2) is 17.1 Å². The molecule has 80 valence electrons. The molecular formula is C11H15N3O. The minimum absolute atomic E-state index is 0.0923. The van der Waals surface area contributed by atoms with Crippen LogP contribution < -0.4 is 10.6 Å². The maximum atomic E-state index is 11.4. The van der Waals surface area contributed by atoms with Gasteiger partial charge in [-0.1, -0.05) is 6.07 Å². The zero-order valence-electron chi connectivity index (χ0n) is 8.57. The highest BCUT2D eigenvalue weighted by molar-refractivity contribution is 5.74. The lowest BCUT2D eigenvalue weighted by Crippen LogP contribution is -2.44. The first-order valence-corrected chi connectivity index (χ1v) is 5.29. The van der Waals surface area contributed by atoms with Crippen molar-refractivity contribution in [2.24, 2.45) is 0 Å². The summed E-state index contributed by atoms with van der Waals surface area (Å²) in [5.74, 6) is 0. The number of nitrogens with one attached hydrogen (secondary N) is 2. The quantitative estimate of drug-likeness (QED) is 0.784. The highest BCUT2D eigenvalue weighted by atomic mass is 16.2. The first-order valence-electron chi connectivity index (χ1n) is 5.29. The van der Waals surface area contributed by atoms with Crippen molar-refractivity contribution in [1.29, 1.82) is 0 Å². The van der Waals surface area contributed by atoms with Gasteiger partial charge in [0.2, 0.25) is 0 Å². The average Bonchev–Trinajstić information content (AvgIpc) is 2.22. The monoisotopic (exact) mass is 205 g/mol. The molecule has 1 aliphatic rings. The number of rotatable bonds is 3. The van der Waals surface area contributed by atoms with Gasteiger partial charge in [0.15, 0.2) is 0 Å². The van der Waals surface area contributed by atoms with E-state index in [1.807, 2.05) is 18.2 Å². The van der Waals surface area contributed by atoms with Crippen LogP contribution >= 0.6 is 0 Å². The number of nitrogens with zero attached hydrogens (tertiary/aromatic N) is 1.